The molecule has 27 heavy (non-hydrogen) atoms. The summed E-state index contributed by atoms with van der Waals surface area (Å²) in [7, 11) is 0. The number of nitrogens with zero attached hydrogens (tertiary/aromatic N) is 1. The molecule has 0 aromatic heterocycles. The van der Waals surface area contributed by atoms with Crippen molar-refractivity contribution in [3.8, 4) is 0 Å². The smallest absolute Gasteiger partial charge is 0.269 e. The lowest BCUT2D eigenvalue weighted by Gasteiger charge is -2.30. The van der Waals surface area contributed by atoms with E-state index in [2.05, 4.69) is 55.0 Å². The molecule has 1 aliphatic heterocycles. The fraction of sp³-hybridized carbons (Fsp3) is 0.182. The van der Waals surface area contributed by atoms with E-state index in [0.29, 0.717) is 16.4 Å². The van der Waals surface area contributed by atoms with E-state index in [4.69, 9.17) is 16.6 Å². The topological polar surface area (TPSA) is 53.5 Å². The molecule has 0 radical (unpaired) electrons. The van der Waals surface area contributed by atoms with Gasteiger partial charge in [0.25, 0.3) is 5.91 Å². The first-order valence-corrected chi connectivity index (χ1v) is 9.23. The second kappa shape index (κ2) is 6.71. The highest BCUT2D eigenvalue weighted by Gasteiger charge is 2.28. The van der Waals surface area contributed by atoms with Gasteiger partial charge in [-0.05, 0) is 60.9 Å². The van der Waals surface area contributed by atoms with Crippen LogP contribution in [0.5, 0.6) is 0 Å². The molecule has 1 aliphatic rings. The van der Waals surface area contributed by atoms with Crippen molar-refractivity contribution < 1.29 is 4.79 Å². The second-order valence-corrected chi connectivity index (χ2v) is 7.78. The first-order valence-electron chi connectivity index (χ1n) is 8.86. The minimum atomic E-state index is -0.259. The van der Waals surface area contributed by atoms with Crippen LogP contribution >= 0.6 is 11.6 Å². The monoisotopic (exact) mass is 377 g/mol. The summed E-state index contributed by atoms with van der Waals surface area (Å²) >= 11 is 5.88. The predicted octanol–water partition coefficient (Wildman–Crippen LogP) is 4.51. The fourth-order valence-electron chi connectivity index (χ4n) is 3.47. The van der Waals surface area contributed by atoms with Gasteiger partial charge in [-0.25, -0.2) is 0 Å². The Kier molecular flexibility index (Phi) is 4.36. The number of carbonyl (C=O) groups is 1. The number of nitrogens with one attached hydrogen (secondary N) is 2. The number of amidine groups is 1. The van der Waals surface area contributed by atoms with Gasteiger partial charge in [0, 0.05) is 16.1 Å². The molecule has 136 valence electrons. The summed E-state index contributed by atoms with van der Waals surface area (Å²) in [5, 5.41) is 3.03. The molecule has 3 aromatic carbocycles. The number of rotatable bonds is 1. The van der Waals surface area contributed by atoms with Crippen LogP contribution < -0.4 is 10.9 Å². The summed E-state index contributed by atoms with van der Waals surface area (Å²) in [6, 6.07) is 19.3. The van der Waals surface area contributed by atoms with Gasteiger partial charge in [-0.1, -0.05) is 48.0 Å². The summed E-state index contributed by atoms with van der Waals surface area (Å²) < 4.78 is 0. The zero-order chi connectivity index (χ0) is 19.0. The minimum absolute atomic E-state index is 0.236. The Labute approximate surface area is 163 Å². The number of hydrogen-bond acceptors (Lipinski definition) is 3. The van der Waals surface area contributed by atoms with Crippen LogP contribution in [0.4, 0.5) is 0 Å². The van der Waals surface area contributed by atoms with Crippen LogP contribution in [0.3, 0.4) is 0 Å². The predicted molar refractivity (Wildman–Crippen MR) is 110 cm³/mol. The standard InChI is InChI=1S/C22H20ClN3O/c1-22(2)13-19-17-6-4-3-5-14(17)9-12-18(19)20(24-22)25-26-21(27)15-7-10-16(23)11-8-15/h3-12H,13H2,1-2H3,(H,24,25)(H,26,27). The lowest BCUT2D eigenvalue weighted by molar-refractivity contribution is 0.0943. The molecule has 0 aliphatic carbocycles. The number of hydrazine groups is 1. The molecule has 0 atom stereocenters. The molecule has 4 nitrogen and oxygen atoms in total. The van der Waals surface area contributed by atoms with E-state index in [-0.39, 0.29) is 11.4 Å². The van der Waals surface area contributed by atoms with E-state index in [1.807, 2.05) is 6.07 Å². The van der Waals surface area contributed by atoms with Crippen LogP contribution in [0.15, 0.2) is 65.7 Å². The van der Waals surface area contributed by atoms with Crippen LogP contribution in [0, 0.1) is 0 Å². The Bertz CT molecular complexity index is 1050. The Balaban J connectivity index is 1.64. The third-order valence-electron chi connectivity index (χ3n) is 4.72. The van der Waals surface area contributed by atoms with Crippen molar-refractivity contribution in [3.05, 3.63) is 82.4 Å². The van der Waals surface area contributed by atoms with Crippen LogP contribution in [-0.4, -0.2) is 17.3 Å². The van der Waals surface area contributed by atoms with Crippen LogP contribution in [0.25, 0.3) is 10.8 Å². The van der Waals surface area contributed by atoms with E-state index in [1.165, 1.54) is 16.3 Å². The number of fused-ring (bicyclic) bond motifs is 3. The fourth-order valence-corrected chi connectivity index (χ4v) is 3.59. The van der Waals surface area contributed by atoms with Crippen molar-refractivity contribution in [2.24, 2.45) is 4.99 Å². The number of carbonyl (C=O) groups excluding carboxylic acids is 1. The Morgan fingerprint density at radius 3 is 2.56 bits per heavy atom. The van der Waals surface area contributed by atoms with Crippen molar-refractivity contribution >= 4 is 34.1 Å². The van der Waals surface area contributed by atoms with Gasteiger partial charge < -0.3 is 0 Å². The number of hydrogen-bond donors (Lipinski definition) is 2. The van der Waals surface area contributed by atoms with Crippen LogP contribution in [0.2, 0.25) is 5.02 Å². The van der Waals surface area contributed by atoms with Gasteiger partial charge in [-0.15, -0.1) is 0 Å². The number of benzene rings is 3. The number of amides is 1. The Hall–Kier alpha value is -2.85. The van der Waals surface area contributed by atoms with E-state index >= 15 is 0 Å². The van der Waals surface area contributed by atoms with Gasteiger partial charge in [0.15, 0.2) is 0 Å². The van der Waals surface area contributed by atoms with Crippen LogP contribution in [-0.2, 0) is 6.42 Å². The van der Waals surface area contributed by atoms with Crippen molar-refractivity contribution in [3.63, 3.8) is 0 Å². The summed E-state index contributed by atoms with van der Waals surface area (Å²) in [6.07, 6.45) is 0.847. The summed E-state index contributed by atoms with van der Waals surface area (Å²) in [6.45, 7) is 4.20. The SMILES string of the molecule is CC1(C)Cc2c(ccc3ccccc23)C(NNC(=O)c2ccc(Cl)cc2)=N1. The van der Waals surface area contributed by atoms with Gasteiger partial charge in [-0.3, -0.25) is 20.6 Å². The molecule has 0 unspecified atom stereocenters. The zero-order valence-electron chi connectivity index (χ0n) is 15.2. The largest absolute Gasteiger partial charge is 0.281 e. The van der Waals surface area contributed by atoms with E-state index in [9.17, 15) is 4.79 Å². The minimum Gasteiger partial charge on any atom is -0.281 e. The highest BCUT2D eigenvalue weighted by Crippen LogP contribution is 2.31. The average molecular weight is 378 g/mol. The maximum atomic E-state index is 12.4. The summed E-state index contributed by atoms with van der Waals surface area (Å²) in [5.74, 6) is 0.439. The number of aliphatic imine (C=N–C) groups is 1. The van der Waals surface area contributed by atoms with Crippen LogP contribution in [0.1, 0.15) is 35.3 Å². The molecule has 0 fully saturated rings. The van der Waals surface area contributed by atoms with Crippen molar-refractivity contribution in [2.45, 2.75) is 25.8 Å². The molecule has 1 heterocycles. The number of halogens is 1. The molecule has 0 saturated carbocycles. The van der Waals surface area contributed by atoms with Gasteiger partial charge in [-0.2, -0.15) is 0 Å². The lowest BCUT2D eigenvalue weighted by Crippen LogP contribution is -2.45. The first kappa shape index (κ1) is 17.6. The van der Waals surface area contributed by atoms with Gasteiger partial charge in [0.05, 0.1) is 5.54 Å². The van der Waals surface area contributed by atoms with E-state index in [1.54, 1.807) is 24.3 Å². The second-order valence-electron chi connectivity index (χ2n) is 7.35. The average Bonchev–Trinajstić information content (AvgIpc) is 2.65. The van der Waals surface area contributed by atoms with Crippen molar-refractivity contribution in [1.82, 2.24) is 10.9 Å². The van der Waals surface area contributed by atoms with Gasteiger partial charge >= 0.3 is 0 Å². The molecule has 0 saturated heterocycles. The highest BCUT2D eigenvalue weighted by molar-refractivity contribution is 6.30. The summed E-state index contributed by atoms with van der Waals surface area (Å²) in [5.41, 5.74) is 8.31. The van der Waals surface area contributed by atoms with Gasteiger partial charge in [0.2, 0.25) is 0 Å². The molecular weight excluding hydrogens is 358 g/mol. The van der Waals surface area contributed by atoms with E-state index < -0.39 is 0 Å². The van der Waals surface area contributed by atoms with E-state index in [0.717, 1.165) is 12.0 Å². The molecule has 3 aromatic rings. The van der Waals surface area contributed by atoms with Gasteiger partial charge in [0.1, 0.15) is 5.84 Å². The molecule has 0 bridgehead atoms. The molecule has 0 spiro atoms. The molecule has 2 N–H and O–H groups in total. The first-order chi connectivity index (χ1) is 12.9. The third-order valence-corrected chi connectivity index (χ3v) is 4.97. The quantitative estimate of drug-likeness (QED) is 0.613. The molecule has 1 amide bonds. The van der Waals surface area contributed by atoms with Crippen molar-refractivity contribution in [2.75, 3.05) is 0 Å². The summed E-state index contributed by atoms with van der Waals surface area (Å²) in [4.78, 5) is 17.2. The Morgan fingerprint density at radius 1 is 1.04 bits per heavy atom. The Morgan fingerprint density at radius 2 is 1.78 bits per heavy atom. The van der Waals surface area contributed by atoms with Crippen molar-refractivity contribution in [1.29, 1.82) is 0 Å². The normalized spacial score (nSPS) is 15.0. The molecule has 4 rings (SSSR count). The zero-order valence-corrected chi connectivity index (χ0v) is 16.0. The maximum absolute atomic E-state index is 12.4. The third kappa shape index (κ3) is 3.53. The molecular formula is C22H20ClN3O. The molecule has 5 heteroatoms. The maximum Gasteiger partial charge on any atom is 0.269 e. The highest BCUT2D eigenvalue weighted by atomic mass is 35.5. The lowest BCUT2D eigenvalue weighted by atomic mass is 9.85.